The van der Waals surface area contributed by atoms with Gasteiger partial charge in [-0.1, -0.05) is 61.2 Å². The number of halogens is 3. The first-order valence-electron chi connectivity index (χ1n) is 8.24. The quantitative estimate of drug-likeness (QED) is 0.495. The average molecular weight is 370 g/mol. The standard InChI is InChI=1S/C22H17F3O2/c1-2-16-11-12-21(26-15-17-7-4-3-5-8-17)20(13-16)18-9-6-10-19(14-18)27-22(23,24)25/h2-14H,1,15H2. The van der Waals surface area contributed by atoms with Gasteiger partial charge in [0.25, 0.3) is 0 Å². The zero-order chi connectivity index (χ0) is 19.3. The molecule has 0 heterocycles. The second kappa shape index (κ2) is 7.99. The second-order valence-corrected chi connectivity index (χ2v) is 5.81. The van der Waals surface area contributed by atoms with Gasteiger partial charge in [0.15, 0.2) is 0 Å². The van der Waals surface area contributed by atoms with Crippen molar-refractivity contribution in [2.24, 2.45) is 0 Å². The highest BCUT2D eigenvalue weighted by molar-refractivity contribution is 5.74. The third-order valence-electron chi connectivity index (χ3n) is 3.86. The van der Waals surface area contributed by atoms with Crippen LogP contribution in [0.1, 0.15) is 11.1 Å². The summed E-state index contributed by atoms with van der Waals surface area (Å²) in [6.07, 6.45) is -3.07. The molecule has 0 N–H and O–H groups in total. The lowest BCUT2D eigenvalue weighted by Gasteiger charge is -2.14. The molecule has 0 aliphatic carbocycles. The van der Waals surface area contributed by atoms with Gasteiger partial charge >= 0.3 is 6.36 Å². The summed E-state index contributed by atoms with van der Waals surface area (Å²) >= 11 is 0. The Labute approximate surface area is 155 Å². The van der Waals surface area contributed by atoms with Gasteiger partial charge in [-0.2, -0.15) is 0 Å². The van der Waals surface area contributed by atoms with E-state index in [0.717, 1.165) is 11.1 Å². The van der Waals surface area contributed by atoms with E-state index in [1.165, 1.54) is 18.2 Å². The van der Waals surface area contributed by atoms with Crippen LogP contribution >= 0.6 is 0 Å². The minimum absolute atomic E-state index is 0.280. The van der Waals surface area contributed by atoms with Crippen LogP contribution in [-0.2, 0) is 6.61 Å². The van der Waals surface area contributed by atoms with Crippen LogP contribution in [0.25, 0.3) is 17.2 Å². The number of benzene rings is 3. The zero-order valence-corrected chi connectivity index (χ0v) is 14.4. The van der Waals surface area contributed by atoms with Crippen LogP contribution < -0.4 is 9.47 Å². The Morgan fingerprint density at radius 1 is 0.889 bits per heavy atom. The Morgan fingerprint density at radius 3 is 2.37 bits per heavy atom. The molecule has 3 aromatic rings. The van der Waals surface area contributed by atoms with E-state index in [9.17, 15) is 13.2 Å². The summed E-state index contributed by atoms with van der Waals surface area (Å²) in [5, 5.41) is 0. The Morgan fingerprint density at radius 2 is 1.67 bits per heavy atom. The predicted octanol–water partition coefficient (Wildman–Crippen LogP) is 6.47. The molecule has 0 unspecified atom stereocenters. The molecule has 3 aromatic carbocycles. The third kappa shape index (κ3) is 5.14. The molecule has 0 amide bonds. The van der Waals surface area contributed by atoms with Crippen molar-refractivity contribution in [3.63, 3.8) is 0 Å². The van der Waals surface area contributed by atoms with Gasteiger partial charge in [0.2, 0.25) is 0 Å². The van der Waals surface area contributed by atoms with Crippen molar-refractivity contribution in [1.82, 2.24) is 0 Å². The van der Waals surface area contributed by atoms with Crippen molar-refractivity contribution in [3.05, 3.63) is 90.5 Å². The molecular formula is C22H17F3O2. The molecule has 0 radical (unpaired) electrons. The molecule has 0 saturated carbocycles. The molecule has 2 nitrogen and oxygen atoms in total. The van der Waals surface area contributed by atoms with Crippen molar-refractivity contribution in [1.29, 1.82) is 0 Å². The Kier molecular flexibility index (Phi) is 5.50. The lowest BCUT2D eigenvalue weighted by molar-refractivity contribution is -0.274. The van der Waals surface area contributed by atoms with Gasteiger partial charge in [-0.15, -0.1) is 13.2 Å². The van der Waals surface area contributed by atoms with Crippen molar-refractivity contribution in [2.45, 2.75) is 13.0 Å². The van der Waals surface area contributed by atoms with Gasteiger partial charge in [0.1, 0.15) is 18.1 Å². The zero-order valence-electron chi connectivity index (χ0n) is 14.4. The fraction of sp³-hybridized carbons (Fsp3) is 0.0909. The minimum Gasteiger partial charge on any atom is -0.488 e. The van der Waals surface area contributed by atoms with Crippen LogP contribution in [-0.4, -0.2) is 6.36 Å². The summed E-state index contributed by atoms with van der Waals surface area (Å²) in [7, 11) is 0. The molecule has 0 atom stereocenters. The number of rotatable bonds is 6. The van der Waals surface area contributed by atoms with Crippen LogP contribution in [0.2, 0.25) is 0 Å². The molecule has 0 aromatic heterocycles. The largest absolute Gasteiger partial charge is 0.573 e. The summed E-state index contributed by atoms with van der Waals surface area (Å²) in [6, 6.07) is 20.9. The highest BCUT2D eigenvalue weighted by Gasteiger charge is 2.31. The average Bonchev–Trinajstić information content (AvgIpc) is 2.66. The van der Waals surface area contributed by atoms with Gasteiger partial charge in [-0.3, -0.25) is 0 Å². The first-order valence-corrected chi connectivity index (χ1v) is 8.24. The van der Waals surface area contributed by atoms with Crippen LogP contribution in [0.5, 0.6) is 11.5 Å². The maximum absolute atomic E-state index is 12.5. The third-order valence-corrected chi connectivity index (χ3v) is 3.86. The van der Waals surface area contributed by atoms with Gasteiger partial charge in [0, 0.05) is 5.56 Å². The van der Waals surface area contributed by atoms with Crippen LogP contribution in [0.15, 0.2) is 79.4 Å². The molecule has 0 aliphatic heterocycles. The smallest absolute Gasteiger partial charge is 0.488 e. The molecule has 27 heavy (non-hydrogen) atoms. The number of ether oxygens (including phenoxy) is 2. The van der Waals surface area contributed by atoms with E-state index >= 15 is 0 Å². The summed E-state index contributed by atoms with van der Waals surface area (Å²) in [5.41, 5.74) is 3.05. The van der Waals surface area contributed by atoms with Gasteiger partial charge in [0.05, 0.1) is 0 Å². The van der Waals surface area contributed by atoms with E-state index in [4.69, 9.17) is 4.74 Å². The van der Waals surface area contributed by atoms with Gasteiger partial charge in [-0.25, -0.2) is 0 Å². The van der Waals surface area contributed by atoms with E-state index in [1.807, 2.05) is 42.5 Å². The molecular weight excluding hydrogens is 353 g/mol. The molecule has 0 spiro atoms. The monoisotopic (exact) mass is 370 g/mol. The Balaban J connectivity index is 1.93. The summed E-state index contributed by atoms with van der Waals surface area (Å²) < 4.78 is 47.5. The van der Waals surface area contributed by atoms with Crippen molar-refractivity contribution < 1.29 is 22.6 Å². The van der Waals surface area contributed by atoms with Crippen molar-refractivity contribution in [2.75, 3.05) is 0 Å². The normalized spacial score (nSPS) is 11.1. The fourth-order valence-electron chi connectivity index (χ4n) is 2.62. The maximum atomic E-state index is 12.5. The predicted molar refractivity (Wildman–Crippen MR) is 99.4 cm³/mol. The molecule has 5 heteroatoms. The highest BCUT2D eigenvalue weighted by atomic mass is 19.4. The number of hydrogen-bond acceptors (Lipinski definition) is 2. The van der Waals surface area contributed by atoms with Crippen LogP contribution in [0, 0.1) is 0 Å². The topological polar surface area (TPSA) is 18.5 Å². The lowest BCUT2D eigenvalue weighted by atomic mass is 10.0. The SMILES string of the molecule is C=Cc1ccc(OCc2ccccc2)c(-c2cccc(OC(F)(F)F)c2)c1. The van der Waals surface area contributed by atoms with Crippen molar-refractivity contribution in [3.8, 4) is 22.6 Å². The first kappa shape index (κ1) is 18.6. The maximum Gasteiger partial charge on any atom is 0.573 e. The summed E-state index contributed by atoms with van der Waals surface area (Å²) in [4.78, 5) is 0. The Hall–Kier alpha value is -3.21. The molecule has 0 saturated heterocycles. The van der Waals surface area contributed by atoms with Gasteiger partial charge < -0.3 is 9.47 Å². The van der Waals surface area contributed by atoms with E-state index < -0.39 is 6.36 Å². The molecule has 3 rings (SSSR count). The van der Waals surface area contributed by atoms with E-state index in [0.29, 0.717) is 23.5 Å². The lowest BCUT2D eigenvalue weighted by Crippen LogP contribution is -2.17. The minimum atomic E-state index is -4.74. The molecule has 0 aliphatic rings. The van der Waals surface area contributed by atoms with Gasteiger partial charge in [-0.05, 0) is 41.0 Å². The number of hydrogen-bond donors (Lipinski definition) is 0. The van der Waals surface area contributed by atoms with Crippen molar-refractivity contribution >= 4 is 6.08 Å². The Bertz CT molecular complexity index is 918. The summed E-state index contributed by atoms with van der Waals surface area (Å²) in [6.45, 7) is 4.09. The van der Waals surface area contributed by atoms with E-state index in [1.54, 1.807) is 18.2 Å². The van der Waals surface area contributed by atoms with Crippen LogP contribution in [0.4, 0.5) is 13.2 Å². The summed E-state index contributed by atoms with van der Waals surface area (Å²) in [5.74, 6) is 0.284. The van der Waals surface area contributed by atoms with E-state index in [-0.39, 0.29) is 5.75 Å². The van der Waals surface area contributed by atoms with E-state index in [2.05, 4.69) is 11.3 Å². The second-order valence-electron chi connectivity index (χ2n) is 5.81. The molecule has 0 bridgehead atoms. The molecule has 138 valence electrons. The van der Waals surface area contributed by atoms with Crippen LogP contribution in [0.3, 0.4) is 0 Å². The number of alkyl halides is 3. The molecule has 0 fully saturated rings. The highest BCUT2D eigenvalue weighted by Crippen LogP contribution is 2.35. The fourth-order valence-corrected chi connectivity index (χ4v) is 2.62. The first-order chi connectivity index (χ1) is 12.9.